The molecule has 0 unspecified atom stereocenters. The number of esters is 2. The van der Waals surface area contributed by atoms with Gasteiger partial charge in [0.25, 0.3) is 5.91 Å². The van der Waals surface area contributed by atoms with Gasteiger partial charge in [-0.05, 0) is 37.1 Å². The molecule has 0 saturated heterocycles. The Labute approximate surface area is 180 Å². The maximum absolute atomic E-state index is 12.7. The van der Waals surface area contributed by atoms with Gasteiger partial charge < -0.3 is 19.9 Å². The van der Waals surface area contributed by atoms with Crippen LogP contribution < -0.4 is 5.32 Å². The van der Waals surface area contributed by atoms with Gasteiger partial charge in [-0.25, -0.2) is 4.79 Å². The first-order chi connectivity index (χ1) is 14.9. The van der Waals surface area contributed by atoms with E-state index in [1.807, 2.05) is 30.3 Å². The van der Waals surface area contributed by atoms with Gasteiger partial charge in [-0.3, -0.25) is 14.4 Å². The molecule has 1 amide bonds. The highest BCUT2D eigenvalue weighted by Gasteiger charge is 2.38. The minimum absolute atomic E-state index is 0.000603. The summed E-state index contributed by atoms with van der Waals surface area (Å²) in [4.78, 5) is 48.7. The summed E-state index contributed by atoms with van der Waals surface area (Å²) in [6.07, 6.45) is -0.531. The Morgan fingerprint density at radius 1 is 0.871 bits per heavy atom. The summed E-state index contributed by atoms with van der Waals surface area (Å²) in [6, 6.07) is 14.5. The molecule has 2 aromatic carbocycles. The van der Waals surface area contributed by atoms with Gasteiger partial charge in [-0.15, -0.1) is 0 Å². The Bertz CT molecular complexity index is 909. The molecule has 2 atom stereocenters. The van der Waals surface area contributed by atoms with Crippen LogP contribution in [0.4, 0.5) is 0 Å². The molecule has 0 radical (unpaired) electrons. The number of carbonyl (C=O) groups excluding carboxylic acids is 3. The standard InChI is InChI=1S/C23H25NO7/c1-3-30-19(25)14-18(23(29)31-4-2)20(22(27)28)24-21(26)17-12-10-16(11-13-17)15-8-6-5-7-9-15/h5-13,18,20H,3-4,14H2,1-2H3,(H,24,26)(H,27,28)/t18-,20+/m0/s1. The van der Waals surface area contributed by atoms with Crippen LogP contribution in [0.15, 0.2) is 54.6 Å². The Morgan fingerprint density at radius 2 is 1.45 bits per heavy atom. The first-order valence-electron chi connectivity index (χ1n) is 9.88. The molecule has 0 aliphatic heterocycles. The van der Waals surface area contributed by atoms with E-state index in [-0.39, 0.29) is 18.8 Å². The Hall–Kier alpha value is -3.68. The van der Waals surface area contributed by atoms with Crippen molar-refractivity contribution >= 4 is 23.8 Å². The molecule has 2 aromatic rings. The minimum Gasteiger partial charge on any atom is -0.480 e. The summed E-state index contributed by atoms with van der Waals surface area (Å²) in [5, 5.41) is 11.9. The molecule has 0 spiro atoms. The molecule has 0 aromatic heterocycles. The van der Waals surface area contributed by atoms with Gasteiger partial charge >= 0.3 is 17.9 Å². The highest BCUT2D eigenvalue weighted by Crippen LogP contribution is 2.20. The van der Waals surface area contributed by atoms with Gasteiger partial charge in [0, 0.05) is 5.56 Å². The van der Waals surface area contributed by atoms with Crippen molar-refractivity contribution in [3.63, 3.8) is 0 Å². The Kier molecular flexibility index (Phi) is 8.75. The molecule has 0 bridgehead atoms. The van der Waals surface area contributed by atoms with Crippen LogP contribution in [0.3, 0.4) is 0 Å². The zero-order valence-corrected chi connectivity index (χ0v) is 17.4. The molecular weight excluding hydrogens is 402 g/mol. The van der Waals surface area contributed by atoms with E-state index in [1.54, 1.807) is 38.1 Å². The maximum atomic E-state index is 12.7. The monoisotopic (exact) mass is 427 g/mol. The lowest BCUT2D eigenvalue weighted by Gasteiger charge is -2.23. The topological polar surface area (TPSA) is 119 Å². The first-order valence-corrected chi connectivity index (χ1v) is 9.88. The number of ether oxygens (including phenoxy) is 2. The summed E-state index contributed by atoms with van der Waals surface area (Å²) in [5.74, 6) is -5.23. The third-order valence-electron chi connectivity index (χ3n) is 4.49. The predicted molar refractivity (Wildman–Crippen MR) is 112 cm³/mol. The van der Waals surface area contributed by atoms with Crippen molar-refractivity contribution in [1.82, 2.24) is 5.32 Å². The number of aliphatic carboxylic acids is 1. The van der Waals surface area contributed by atoms with Crippen LogP contribution in [0.25, 0.3) is 11.1 Å². The molecule has 0 aliphatic carbocycles. The van der Waals surface area contributed by atoms with Crippen molar-refractivity contribution in [3.8, 4) is 11.1 Å². The number of benzene rings is 2. The third kappa shape index (κ3) is 6.67. The van der Waals surface area contributed by atoms with E-state index in [2.05, 4.69) is 5.32 Å². The Morgan fingerprint density at radius 3 is 2.00 bits per heavy atom. The van der Waals surface area contributed by atoms with Crippen molar-refractivity contribution < 1.29 is 33.8 Å². The smallest absolute Gasteiger partial charge is 0.327 e. The normalized spacial score (nSPS) is 12.3. The van der Waals surface area contributed by atoms with Crippen LogP contribution in [-0.4, -0.2) is 48.2 Å². The first kappa shape index (κ1) is 23.6. The number of hydrogen-bond acceptors (Lipinski definition) is 6. The van der Waals surface area contributed by atoms with E-state index in [4.69, 9.17) is 9.47 Å². The molecule has 0 saturated carbocycles. The van der Waals surface area contributed by atoms with E-state index < -0.39 is 42.2 Å². The van der Waals surface area contributed by atoms with Crippen LogP contribution in [0.1, 0.15) is 30.6 Å². The van der Waals surface area contributed by atoms with E-state index in [0.717, 1.165) is 11.1 Å². The largest absolute Gasteiger partial charge is 0.480 e. The molecule has 2 rings (SSSR count). The van der Waals surface area contributed by atoms with E-state index in [0.29, 0.717) is 0 Å². The van der Waals surface area contributed by atoms with Gasteiger partial charge in [-0.1, -0.05) is 42.5 Å². The summed E-state index contributed by atoms with van der Waals surface area (Å²) in [5.41, 5.74) is 2.07. The van der Waals surface area contributed by atoms with Crippen molar-refractivity contribution in [2.75, 3.05) is 13.2 Å². The fourth-order valence-corrected chi connectivity index (χ4v) is 2.99. The average Bonchev–Trinajstić information content (AvgIpc) is 2.77. The summed E-state index contributed by atoms with van der Waals surface area (Å²) >= 11 is 0. The number of carbonyl (C=O) groups is 4. The van der Waals surface area contributed by atoms with Crippen LogP contribution in [-0.2, 0) is 23.9 Å². The van der Waals surface area contributed by atoms with Gasteiger partial charge in [0.05, 0.1) is 25.6 Å². The molecule has 0 fully saturated rings. The quantitative estimate of drug-likeness (QED) is 0.560. The third-order valence-corrected chi connectivity index (χ3v) is 4.49. The molecule has 0 heterocycles. The van der Waals surface area contributed by atoms with Gasteiger partial charge in [-0.2, -0.15) is 0 Å². The van der Waals surface area contributed by atoms with Crippen LogP contribution >= 0.6 is 0 Å². The van der Waals surface area contributed by atoms with E-state index in [9.17, 15) is 24.3 Å². The number of nitrogens with one attached hydrogen (secondary N) is 1. The number of carboxylic acid groups (broad SMARTS) is 1. The van der Waals surface area contributed by atoms with Crippen molar-refractivity contribution in [2.24, 2.45) is 5.92 Å². The summed E-state index contributed by atoms with van der Waals surface area (Å²) in [6.45, 7) is 3.22. The second kappa shape index (κ2) is 11.5. The molecule has 0 aliphatic rings. The lowest BCUT2D eigenvalue weighted by molar-refractivity contribution is -0.159. The summed E-state index contributed by atoms with van der Waals surface area (Å²) in [7, 11) is 0. The number of hydrogen-bond donors (Lipinski definition) is 2. The molecule has 8 heteroatoms. The fourth-order valence-electron chi connectivity index (χ4n) is 2.99. The maximum Gasteiger partial charge on any atom is 0.327 e. The SMILES string of the molecule is CCOC(=O)C[C@H](C(=O)OCC)[C@@H](NC(=O)c1ccc(-c2ccccc2)cc1)C(=O)O. The fraction of sp³-hybridized carbons (Fsp3) is 0.304. The predicted octanol–water partition coefficient (Wildman–Crippen LogP) is 2.67. The second-order valence-corrected chi connectivity index (χ2v) is 6.60. The average molecular weight is 427 g/mol. The van der Waals surface area contributed by atoms with Gasteiger partial charge in [0.1, 0.15) is 6.04 Å². The number of rotatable bonds is 10. The zero-order valence-electron chi connectivity index (χ0n) is 17.4. The Balaban J connectivity index is 2.20. The van der Waals surface area contributed by atoms with Crippen LogP contribution in [0.2, 0.25) is 0 Å². The molecule has 2 N–H and O–H groups in total. The van der Waals surface area contributed by atoms with Crippen molar-refractivity contribution in [1.29, 1.82) is 0 Å². The summed E-state index contributed by atoms with van der Waals surface area (Å²) < 4.78 is 9.73. The van der Waals surface area contributed by atoms with E-state index in [1.165, 1.54) is 0 Å². The molecule has 8 nitrogen and oxygen atoms in total. The highest BCUT2D eigenvalue weighted by molar-refractivity contribution is 5.98. The van der Waals surface area contributed by atoms with Crippen molar-refractivity contribution in [2.45, 2.75) is 26.3 Å². The second-order valence-electron chi connectivity index (χ2n) is 6.60. The number of amides is 1. The van der Waals surface area contributed by atoms with Crippen LogP contribution in [0.5, 0.6) is 0 Å². The zero-order chi connectivity index (χ0) is 22.8. The molecular formula is C23H25NO7. The number of carboxylic acids is 1. The van der Waals surface area contributed by atoms with Gasteiger partial charge in [0.2, 0.25) is 0 Å². The van der Waals surface area contributed by atoms with Gasteiger partial charge in [0.15, 0.2) is 0 Å². The molecule has 164 valence electrons. The van der Waals surface area contributed by atoms with Crippen molar-refractivity contribution in [3.05, 3.63) is 60.2 Å². The lowest BCUT2D eigenvalue weighted by atomic mass is 9.95. The van der Waals surface area contributed by atoms with Crippen LogP contribution in [0, 0.1) is 5.92 Å². The molecule has 31 heavy (non-hydrogen) atoms. The van der Waals surface area contributed by atoms with E-state index >= 15 is 0 Å². The highest BCUT2D eigenvalue weighted by atomic mass is 16.5. The lowest BCUT2D eigenvalue weighted by Crippen LogP contribution is -2.49. The minimum atomic E-state index is -1.66.